The molecule has 1 fully saturated rings. The van der Waals surface area contributed by atoms with E-state index in [0.29, 0.717) is 11.5 Å². The van der Waals surface area contributed by atoms with Gasteiger partial charge in [0.15, 0.2) is 0 Å². The quantitative estimate of drug-likeness (QED) is 0.937. The maximum absolute atomic E-state index is 12.3. The van der Waals surface area contributed by atoms with Crippen LogP contribution in [-0.4, -0.2) is 25.7 Å². The van der Waals surface area contributed by atoms with E-state index >= 15 is 0 Å². The molecule has 3 rings (SSSR count). The molecule has 2 aromatic rings. The zero-order chi connectivity index (χ0) is 15.2. The Morgan fingerprint density at radius 2 is 1.73 bits per heavy atom. The average Bonchev–Trinajstić information content (AvgIpc) is 2.61. The van der Waals surface area contributed by atoms with Crippen molar-refractivity contribution in [3.63, 3.8) is 0 Å². The van der Waals surface area contributed by atoms with Crippen LogP contribution in [0, 0.1) is 5.92 Å². The van der Waals surface area contributed by atoms with Crippen LogP contribution >= 0.6 is 0 Å². The first-order valence-electron chi connectivity index (χ1n) is 7.84. The first-order valence-corrected chi connectivity index (χ1v) is 7.84. The Bertz CT molecular complexity index is 618. The Hall–Kier alpha value is -2.13. The molecule has 0 aliphatic carbocycles. The third kappa shape index (κ3) is 3.74. The van der Waals surface area contributed by atoms with Crippen LogP contribution in [0.3, 0.4) is 0 Å². The minimum Gasteiger partial charge on any atom is -0.381 e. The highest BCUT2D eigenvalue weighted by molar-refractivity contribution is 5.95. The fourth-order valence-corrected chi connectivity index (χ4v) is 2.76. The van der Waals surface area contributed by atoms with Crippen molar-refractivity contribution >= 4 is 5.91 Å². The molecular formula is C19H21NO2. The Morgan fingerprint density at radius 1 is 1.00 bits per heavy atom. The second-order valence-electron chi connectivity index (χ2n) is 5.71. The van der Waals surface area contributed by atoms with Crippen LogP contribution < -0.4 is 5.32 Å². The van der Waals surface area contributed by atoms with Gasteiger partial charge in [-0.2, -0.15) is 0 Å². The van der Waals surface area contributed by atoms with Gasteiger partial charge in [-0.1, -0.05) is 42.5 Å². The van der Waals surface area contributed by atoms with Crippen LogP contribution in [0.5, 0.6) is 0 Å². The van der Waals surface area contributed by atoms with E-state index in [9.17, 15) is 4.79 Å². The standard InChI is InChI=1S/C19H21NO2/c21-19(20-14-15-9-11-22-12-10-15)18-8-4-7-17(13-18)16-5-2-1-3-6-16/h1-8,13,15H,9-12,14H2,(H,20,21). The fraction of sp³-hybridized carbons (Fsp3) is 0.316. The predicted octanol–water partition coefficient (Wildman–Crippen LogP) is 3.51. The molecule has 1 N–H and O–H groups in total. The van der Waals surface area contributed by atoms with Gasteiger partial charge in [-0.3, -0.25) is 4.79 Å². The summed E-state index contributed by atoms with van der Waals surface area (Å²) in [6.45, 7) is 2.35. The molecule has 1 aliphatic heterocycles. The van der Waals surface area contributed by atoms with Crippen molar-refractivity contribution in [2.75, 3.05) is 19.8 Å². The Kier molecular flexibility index (Phi) is 4.86. The number of amides is 1. The number of carbonyl (C=O) groups is 1. The third-order valence-corrected chi connectivity index (χ3v) is 4.12. The zero-order valence-electron chi connectivity index (χ0n) is 12.6. The zero-order valence-corrected chi connectivity index (χ0v) is 12.6. The van der Waals surface area contributed by atoms with Crippen molar-refractivity contribution in [2.45, 2.75) is 12.8 Å². The van der Waals surface area contributed by atoms with Gasteiger partial charge in [-0.25, -0.2) is 0 Å². The van der Waals surface area contributed by atoms with Crippen LogP contribution in [0.15, 0.2) is 54.6 Å². The molecule has 22 heavy (non-hydrogen) atoms. The van der Waals surface area contributed by atoms with E-state index in [1.807, 2.05) is 42.5 Å². The summed E-state index contributed by atoms with van der Waals surface area (Å²) in [6.07, 6.45) is 2.06. The largest absolute Gasteiger partial charge is 0.381 e. The van der Waals surface area contributed by atoms with Gasteiger partial charge < -0.3 is 10.1 Å². The summed E-state index contributed by atoms with van der Waals surface area (Å²) >= 11 is 0. The average molecular weight is 295 g/mol. The van der Waals surface area contributed by atoms with Crippen LogP contribution in [0.4, 0.5) is 0 Å². The normalized spacial score (nSPS) is 15.5. The number of hydrogen-bond donors (Lipinski definition) is 1. The third-order valence-electron chi connectivity index (χ3n) is 4.12. The Balaban J connectivity index is 1.65. The first kappa shape index (κ1) is 14.8. The number of benzene rings is 2. The molecule has 1 amide bonds. The van der Waals surface area contributed by atoms with Crippen molar-refractivity contribution in [1.29, 1.82) is 0 Å². The number of ether oxygens (including phenoxy) is 1. The molecule has 2 aromatic carbocycles. The van der Waals surface area contributed by atoms with Crippen LogP contribution in [0.1, 0.15) is 23.2 Å². The highest BCUT2D eigenvalue weighted by atomic mass is 16.5. The van der Waals surface area contributed by atoms with Gasteiger partial charge in [0.25, 0.3) is 5.91 Å². The van der Waals surface area contributed by atoms with E-state index in [1.165, 1.54) is 0 Å². The molecule has 1 aliphatic rings. The molecule has 114 valence electrons. The van der Waals surface area contributed by atoms with Crippen molar-refractivity contribution < 1.29 is 9.53 Å². The molecular weight excluding hydrogens is 274 g/mol. The lowest BCUT2D eigenvalue weighted by atomic mass is 10.00. The topological polar surface area (TPSA) is 38.3 Å². The second kappa shape index (κ2) is 7.23. The number of carbonyl (C=O) groups excluding carboxylic acids is 1. The summed E-state index contributed by atoms with van der Waals surface area (Å²) < 4.78 is 5.34. The molecule has 1 heterocycles. The van der Waals surface area contributed by atoms with Gasteiger partial charge in [-0.15, -0.1) is 0 Å². The molecule has 0 spiro atoms. The number of rotatable bonds is 4. The lowest BCUT2D eigenvalue weighted by molar-refractivity contribution is 0.0642. The second-order valence-corrected chi connectivity index (χ2v) is 5.71. The van der Waals surface area contributed by atoms with E-state index in [4.69, 9.17) is 4.74 Å². The van der Waals surface area contributed by atoms with E-state index in [-0.39, 0.29) is 5.91 Å². The molecule has 1 saturated heterocycles. The molecule has 0 bridgehead atoms. The molecule has 0 radical (unpaired) electrons. The van der Waals surface area contributed by atoms with E-state index < -0.39 is 0 Å². The SMILES string of the molecule is O=C(NCC1CCOCC1)c1cccc(-c2ccccc2)c1. The molecule has 0 aromatic heterocycles. The summed E-state index contributed by atoms with van der Waals surface area (Å²) in [5.41, 5.74) is 2.91. The minimum atomic E-state index is 0.00396. The highest BCUT2D eigenvalue weighted by Crippen LogP contribution is 2.20. The number of nitrogens with one attached hydrogen (secondary N) is 1. The summed E-state index contributed by atoms with van der Waals surface area (Å²) in [5, 5.41) is 3.05. The molecule has 0 atom stereocenters. The van der Waals surface area contributed by atoms with Crippen molar-refractivity contribution in [3.8, 4) is 11.1 Å². The highest BCUT2D eigenvalue weighted by Gasteiger charge is 2.15. The summed E-state index contributed by atoms with van der Waals surface area (Å²) in [4.78, 5) is 12.3. The van der Waals surface area contributed by atoms with E-state index in [0.717, 1.165) is 43.7 Å². The maximum atomic E-state index is 12.3. The summed E-state index contributed by atoms with van der Waals surface area (Å²) in [5.74, 6) is 0.541. The Morgan fingerprint density at radius 3 is 2.50 bits per heavy atom. The first-order chi connectivity index (χ1) is 10.8. The van der Waals surface area contributed by atoms with Crippen molar-refractivity contribution in [1.82, 2.24) is 5.32 Å². The molecule has 0 saturated carbocycles. The smallest absolute Gasteiger partial charge is 0.251 e. The van der Waals surface area contributed by atoms with Crippen LogP contribution in [0.25, 0.3) is 11.1 Å². The maximum Gasteiger partial charge on any atom is 0.251 e. The molecule has 3 nitrogen and oxygen atoms in total. The van der Waals surface area contributed by atoms with Gasteiger partial charge in [0.1, 0.15) is 0 Å². The summed E-state index contributed by atoms with van der Waals surface area (Å²) in [7, 11) is 0. The van der Waals surface area contributed by atoms with Gasteiger partial charge in [0.05, 0.1) is 0 Å². The summed E-state index contributed by atoms with van der Waals surface area (Å²) in [6, 6.07) is 17.9. The number of hydrogen-bond acceptors (Lipinski definition) is 2. The fourth-order valence-electron chi connectivity index (χ4n) is 2.76. The lowest BCUT2D eigenvalue weighted by Crippen LogP contribution is -2.32. The molecule has 3 heteroatoms. The minimum absolute atomic E-state index is 0.00396. The van der Waals surface area contributed by atoms with Crippen molar-refractivity contribution in [3.05, 3.63) is 60.2 Å². The van der Waals surface area contributed by atoms with Crippen LogP contribution in [0.2, 0.25) is 0 Å². The van der Waals surface area contributed by atoms with E-state index in [1.54, 1.807) is 0 Å². The van der Waals surface area contributed by atoms with E-state index in [2.05, 4.69) is 17.4 Å². The van der Waals surface area contributed by atoms with Crippen molar-refractivity contribution in [2.24, 2.45) is 5.92 Å². The predicted molar refractivity (Wildman–Crippen MR) is 87.8 cm³/mol. The van der Waals surface area contributed by atoms with Gasteiger partial charge in [0.2, 0.25) is 0 Å². The van der Waals surface area contributed by atoms with Crippen LogP contribution in [-0.2, 0) is 4.74 Å². The Labute approximate surface area is 131 Å². The lowest BCUT2D eigenvalue weighted by Gasteiger charge is -2.22. The molecule has 0 unspecified atom stereocenters. The van der Waals surface area contributed by atoms with Gasteiger partial charge in [-0.05, 0) is 42.0 Å². The monoisotopic (exact) mass is 295 g/mol. The van der Waals surface area contributed by atoms with Gasteiger partial charge in [0, 0.05) is 25.3 Å². The van der Waals surface area contributed by atoms with Gasteiger partial charge >= 0.3 is 0 Å².